The number of benzene rings is 1. The van der Waals surface area contributed by atoms with Gasteiger partial charge in [-0.15, -0.1) is 0 Å². The zero-order chi connectivity index (χ0) is 16.7. The predicted molar refractivity (Wildman–Crippen MR) is 89.6 cm³/mol. The molecule has 5 nitrogen and oxygen atoms in total. The molecule has 0 saturated carbocycles. The summed E-state index contributed by atoms with van der Waals surface area (Å²) in [7, 11) is 1.59. The summed E-state index contributed by atoms with van der Waals surface area (Å²) in [5.41, 5.74) is 1.21. The number of hydrogen-bond acceptors (Lipinski definition) is 3. The van der Waals surface area contributed by atoms with Crippen molar-refractivity contribution in [3.05, 3.63) is 35.4 Å². The molecule has 0 aliphatic carbocycles. The third-order valence-electron chi connectivity index (χ3n) is 4.35. The number of hydrogen-bond donors (Lipinski definition) is 1. The molecule has 1 N–H and O–H groups in total. The fourth-order valence-electron chi connectivity index (χ4n) is 2.99. The average Bonchev–Trinajstić information content (AvgIpc) is 2.61. The van der Waals surface area contributed by atoms with Gasteiger partial charge in [0.1, 0.15) is 0 Å². The van der Waals surface area contributed by atoms with Gasteiger partial charge in [0, 0.05) is 37.4 Å². The second kappa shape index (κ2) is 8.67. The first-order chi connectivity index (χ1) is 11.2. The highest BCUT2D eigenvalue weighted by Crippen LogP contribution is 2.22. The molecule has 1 aliphatic heterocycles. The van der Waals surface area contributed by atoms with Gasteiger partial charge in [-0.05, 0) is 49.9 Å². The zero-order valence-electron chi connectivity index (χ0n) is 14.0. The number of methoxy groups -OCH3 is 1. The number of nitrogens with one attached hydrogen (secondary N) is 1. The molecule has 1 aromatic rings. The second-order valence-electron chi connectivity index (χ2n) is 5.88. The predicted octanol–water partition coefficient (Wildman–Crippen LogP) is 2.47. The van der Waals surface area contributed by atoms with Gasteiger partial charge in [0.25, 0.3) is 11.8 Å². The van der Waals surface area contributed by atoms with Gasteiger partial charge in [0.05, 0.1) is 6.61 Å². The summed E-state index contributed by atoms with van der Waals surface area (Å²) in [5, 5.41) is 2.77. The minimum Gasteiger partial charge on any atom is -0.383 e. The monoisotopic (exact) mass is 318 g/mol. The molecule has 23 heavy (non-hydrogen) atoms. The van der Waals surface area contributed by atoms with E-state index in [9.17, 15) is 9.59 Å². The largest absolute Gasteiger partial charge is 0.383 e. The molecule has 0 bridgehead atoms. The number of carbonyl (C=O) groups is 2. The third kappa shape index (κ3) is 4.55. The first-order valence-corrected chi connectivity index (χ1v) is 8.35. The van der Waals surface area contributed by atoms with Crippen molar-refractivity contribution in [1.82, 2.24) is 10.2 Å². The van der Waals surface area contributed by atoms with Crippen molar-refractivity contribution in [1.29, 1.82) is 0 Å². The van der Waals surface area contributed by atoms with Crippen molar-refractivity contribution in [2.24, 2.45) is 0 Å². The van der Waals surface area contributed by atoms with Crippen LogP contribution in [0.3, 0.4) is 0 Å². The Morgan fingerprint density at radius 3 is 2.57 bits per heavy atom. The summed E-state index contributed by atoms with van der Waals surface area (Å²) in [6.07, 6.45) is 4.35. The van der Waals surface area contributed by atoms with E-state index in [1.807, 2.05) is 4.90 Å². The van der Waals surface area contributed by atoms with E-state index in [4.69, 9.17) is 4.74 Å². The Hall–Kier alpha value is -1.88. The number of amides is 2. The number of ether oxygens (including phenoxy) is 1. The minimum absolute atomic E-state index is 0.0721. The molecule has 2 amide bonds. The summed E-state index contributed by atoms with van der Waals surface area (Å²) in [6, 6.07) is 7.25. The van der Waals surface area contributed by atoms with Crippen LogP contribution in [0.15, 0.2) is 24.3 Å². The fraction of sp³-hybridized carbons (Fsp3) is 0.556. The lowest BCUT2D eigenvalue weighted by Gasteiger charge is -2.35. The quantitative estimate of drug-likeness (QED) is 0.820. The molecule has 1 unspecified atom stereocenters. The van der Waals surface area contributed by atoms with Gasteiger partial charge >= 0.3 is 0 Å². The van der Waals surface area contributed by atoms with Crippen molar-refractivity contribution >= 4 is 11.8 Å². The fourth-order valence-corrected chi connectivity index (χ4v) is 2.99. The van der Waals surface area contributed by atoms with Crippen molar-refractivity contribution in [3.63, 3.8) is 0 Å². The Morgan fingerprint density at radius 2 is 1.91 bits per heavy atom. The van der Waals surface area contributed by atoms with Crippen LogP contribution in [-0.4, -0.2) is 49.6 Å². The van der Waals surface area contributed by atoms with Crippen LogP contribution in [0.4, 0.5) is 0 Å². The molecule has 2 rings (SSSR count). The van der Waals surface area contributed by atoms with Crippen molar-refractivity contribution < 1.29 is 14.3 Å². The van der Waals surface area contributed by atoms with Crippen molar-refractivity contribution in [2.75, 3.05) is 26.8 Å². The summed E-state index contributed by atoms with van der Waals surface area (Å²) < 4.78 is 4.90. The van der Waals surface area contributed by atoms with E-state index < -0.39 is 0 Å². The van der Waals surface area contributed by atoms with Crippen LogP contribution in [0.1, 0.15) is 53.3 Å². The number of piperidine rings is 1. The molecular weight excluding hydrogens is 292 g/mol. The zero-order valence-corrected chi connectivity index (χ0v) is 14.0. The lowest BCUT2D eigenvalue weighted by Crippen LogP contribution is -2.43. The number of nitrogens with zero attached hydrogens (tertiary/aromatic N) is 1. The van der Waals surface area contributed by atoms with Crippen molar-refractivity contribution in [2.45, 2.75) is 38.6 Å². The summed E-state index contributed by atoms with van der Waals surface area (Å²) >= 11 is 0. The Morgan fingerprint density at radius 1 is 1.22 bits per heavy atom. The van der Waals surface area contributed by atoms with Crippen molar-refractivity contribution in [3.8, 4) is 0 Å². The number of likely N-dealkylation sites (tertiary alicyclic amines) is 1. The maximum atomic E-state index is 12.7. The van der Waals surface area contributed by atoms with E-state index in [2.05, 4.69) is 12.2 Å². The minimum atomic E-state index is -0.148. The maximum Gasteiger partial charge on any atom is 0.254 e. The molecule has 126 valence electrons. The summed E-state index contributed by atoms with van der Waals surface area (Å²) in [4.78, 5) is 26.6. The molecule has 1 atom stereocenters. The standard InChI is InChI=1S/C18H26N2O3/c1-3-16-6-4-5-12-20(16)18(22)15-9-7-14(8-10-15)17(21)19-11-13-23-2/h7-10,16H,3-6,11-13H2,1-2H3,(H,19,21). The van der Waals surface area contributed by atoms with E-state index in [1.165, 1.54) is 6.42 Å². The highest BCUT2D eigenvalue weighted by atomic mass is 16.5. The van der Waals surface area contributed by atoms with Gasteiger partial charge in [0.2, 0.25) is 0 Å². The molecule has 0 spiro atoms. The molecular formula is C18H26N2O3. The van der Waals surface area contributed by atoms with Gasteiger partial charge < -0.3 is 15.0 Å². The Balaban J connectivity index is 2.00. The van der Waals surface area contributed by atoms with Crippen LogP contribution in [0, 0.1) is 0 Å². The lowest BCUT2D eigenvalue weighted by molar-refractivity contribution is 0.0607. The highest BCUT2D eigenvalue weighted by Gasteiger charge is 2.26. The van der Waals surface area contributed by atoms with Gasteiger partial charge in [-0.3, -0.25) is 9.59 Å². The van der Waals surface area contributed by atoms with E-state index in [1.54, 1.807) is 31.4 Å². The van der Waals surface area contributed by atoms with Gasteiger partial charge in [-0.1, -0.05) is 6.92 Å². The Kier molecular flexibility index (Phi) is 6.59. The molecule has 1 aromatic carbocycles. The van der Waals surface area contributed by atoms with Gasteiger partial charge in [0.15, 0.2) is 0 Å². The van der Waals surface area contributed by atoms with E-state index in [0.717, 1.165) is 25.8 Å². The molecule has 1 saturated heterocycles. The first kappa shape index (κ1) is 17.5. The third-order valence-corrected chi connectivity index (χ3v) is 4.35. The van der Waals surface area contributed by atoms with E-state index in [-0.39, 0.29) is 11.8 Å². The molecule has 1 fully saturated rings. The topological polar surface area (TPSA) is 58.6 Å². The molecule has 1 heterocycles. The number of rotatable bonds is 6. The maximum absolute atomic E-state index is 12.7. The van der Waals surface area contributed by atoms with E-state index >= 15 is 0 Å². The average molecular weight is 318 g/mol. The molecule has 0 radical (unpaired) electrons. The highest BCUT2D eigenvalue weighted by molar-refractivity contribution is 5.98. The first-order valence-electron chi connectivity index (χ1n) is 8.35. The number of carbonyl (C=O) groups excluding carboxylic acids is 2. The van der Waals surface area contributed by atoms with Crippen LogP contribution in [0.25, 0.3) is 0 Å². The van der Waals surface area contributed by atoms with Gasteiger partial charge in [-0.25, -0.2) is 0 Å². The molecule has 1 aliphatic rings. The van der Waals surface area contributed by atoms with Crippen LogP contribution >= 0.6 is 0 Å². The van der Waals surface area contributed by atoms with Gasteiger partial charge in [-0.2, -0.15) is 0 Å². The van der Waals surface area contributed by atoms with Crippen LogP contribution < -0.4 is 5.32 Å². The molecule has 0 aromatic heterocycles. The van der Waals surface area contributed by atoms with Crippen LogP contribution in [0.2, 0.25) is 0 Å². The Bertz CT molecular complexity index is 528. The van der Waals surface area contributed by atoms with E-state index in [0.29, 0.717) is 30.3 Å². The summed E-state index contributed by atoms with van der Waals surface area (Å²) in [6.45, 7) is 3.91. The van der Waals surface area contributed by atoms with Crippen LogP contribution in [-0.2, 0) is 4.74 Å². The second-order valence-corrected chi connectivity index (χ2v) is 5.88. The SMILES string of the molecule is CCC1CCCCN1C(=O)c1ccc(C(=O)NCCOC)cc1. The lowest BCUT2D eigenvalue weighted by atomic mass is 9.98. The Labute approximate surface area is 138 Å². The normalized spacial score (nSPS) is 17.8. The molecule has 5 heteroatoms. The summed E-state index contributed by atoms with van der Waals surface area (Å²) in [5.74, 6) is -0.0756. The van der Waals surface area contributed by atoms with Crippen LogP contribution in [0.5, 0.6) is 0 Å². The smallest absolute Gasteiger partial charge is 0.254 e.